The van der Waals surface area contributed by atoms with Crippen molar-refractivity contribution in [3.63, 3.8) is 0 Å². The Bertz CT molecular complexity index is 582. The number of anilines is 1. The summed E-state index contributed by atoms with van der Waals surface area (Å²) in [4.78, 5) is 15.7. The second-order valence-corrected chi connectivity index (χ2v) is 5.18. The van der Waals surface area contributed by atoms with Crippen LogP contribution in [0.1, 0.15) is 17.2 Å². The first-order valence-corrected chi connectivity index (χ1v) is 7.39. The first kappa shape index (κ1) is 13.9. The quantitative estimate of drug-likeness (QED) is 0.857. The van der Waals surface area contributed by atoms with Crippen LogP contribution in [0.5, 0.6) is 0 Å². The summed E-state index contributed by atoms with van der Waals surface area (Å²) >= 11 is 0. The standard InChI is InChI=1S/C16H20N4O/c1-13-17-15(8-7-14-5-3-2-4-6-14)19-16(18-13)20-9-11-21-12-10-20/h2-6H,7-12H2,1H3. The second-order valence-electron chi connectivity index (χ2n) is 5.18. The van der Waals surface area contributed by atoms with Crippen molar-refractivity contribution >= 4 is 5.95 Å². The summed E-state index contributed by atoms with van der Waals surface area (Å²) < 4.78 is 5.37. The molecular weight excluding hydrogens is 264 g/mol. The van der Waals surface area contributed by atoms with Crippen LogP contribution in [-0.4, -0.2) is 41.3 Å². The lowest BCUT2D eigenvalue weighted by atomic mass is 10.1. The summed E-state index contributed by atoms with van der Waals surface area (Å²) in [5.41, 5.74) is 1.31. The fraction of sp³-hybridized carbons (Fsp3) is 0.438. The van der Waals surface area contributed by atoms with E-state index >= 15 is 0 Å². The van der Waals surface area contributed by atoms with Crippen molar-refractivity contribution in [3.05, 3.63) is 47.5 Å². The highest BCUT2D eigenvalue weighted by Crippen LogP contribution is 2.11. The molecule has 110 valence electrons. The summed E-state index contributed by atoms with van der Waals surface area (Å²) in [5.74, 6) is 2.44. The number of hydrogen-bond donors (Lipinski definition) is 0. The van der Waals surface area contributed by atoms with Crippen molar-refractivity contribution in [1.29, 1.82) is 0 Å². The molecule has 0 N–H and O–H groups in total. The van der Waals surface area contributed by atoms with Crippen LogP contribution < -0.4 is 4.90 Å². The molecule has 5 nitrogen and oxygen atoms in total. The first-order chi connectivity index (χ1) is 10.3. The molecule has 1 aliphatic heterocycles. The largest absolute Gasteiger partial charge is 0.378 e. The zero-order valence-electron chi connectivity index (χ0n) is 12.3. The molecule has 0 aliphatic carbocycles. The van der Waals surface area contributed by atoms with E-state index in [0.29, 0.717) is 0 Å². The van der Waals surface area contributed by atoms with Gasteiger partial charge in [-0.3, -0.25) is 0 Å². The van der Waals surface area contributed by atoms with Crippen LogP contribution in [0.4, 0.5) is 5.95 Å². The maximum Gasteiger partial charge on any atom is 0.229 e. The number of morpholine rings is 1. The molecule has 0 saturated carbocycles. The van der Waals surface area contributed by atoms with Gasteiger partial charge in [-0.1, -0.05) is 30.3 Å². The molecule has 2 aromatic rings. The number of benzene rings is 1. The number of ether oxygens (including phenoxy) is 1. The molecule has 21 heavy (non-hydrogen) atoms. The molecule has 0 unspecified atom stereocenters. The van der Waals surface area contributed by atoms with Gasteiger partial charge in [0.25, 0.3) is 0 Å². The number of aryl methyl sites for hydroxylation is 3. The lowest BCUT2D eigenvalue weighted by Crippen LogP contribution is -2.37. The van der Waals surface area contributed by atoms with E-state index in [-0.39, 0.29) is 0 Å². The van der Waals surface area contributed by atoms with E-state index in [2.05, 4.69) is 44.1 Å². The minimum Gasteiger partial charge on any atom is -0.378 e. The van der Waals surface area contributed by atoms with Crippen LogP contribution in [0.15, 0.2) is 30.3 Å². The normalized spacial score (nSPS) is 15.2. The molecule has 0 radical (unpaired) electrons. The number of aromatic nitrogens is 3. The monoisotopic (exact) mass is 284 g/mol. The number of hydrogen-bond acceptors (Lipinski definition) is 5. The molecule has 0 bridgehead atoms. The molecular formula is C16H20N4O. The predicted octanol–water partition coefficient (Wildman–Crippen LogP) is 1.80. The first-order valence-electron chi connectivity index (χ1n) is 7.39. The molecule has 0 amide bonds. The summed E-state index contributed by atoms with van der Waals surface area (Å²) in [6, 6.07) is 10.4. The maximum absolute atomic E-state index is 5.37. The molecule has 3 rings (SSSR count). The van der Waals surface area contributed by atoms with Crippen molar-refractivity contribution in [3.8, 4) is 0 Å². The molecule has 2 heterocycles. The zero-order chi connectivity index (χ0) is 14.5. The van der Waals surface area contributed by atoms with Gasteiger partial charge >= 0.3 is 0 Å². The van der Waals surface area contributed by atoms with Gasteiger partial charge in [-0.2, -0.15) is 9.97 Å². The van der Waals surface area contributed by atoms with Crippen LogP contribution in [0, 0.1) is 6.92 Å². The number of rotatable bonds is 4. The van der Waals surface area contributed by atoms with Gasteiger partial charge in [-0.25, -0.2) is 4.98 Å². The highest BCUT2D eigenvalue weighted by atomic mass is 16.5. The summed E-state index contributed by atoms with van der Waals surface area (Å²) in [6.45, 7) is 5.11. The Hall–Kier alpha value is -2.01. The molecule has 0 spiro atoms. The Morgan fingerprint density at radius 2 is 1.76 bits per heavy atom. The van der Waals surface area contributed by atoms with E-state index in [1.165, 1.54) is 5.56 Å². The van der Waals surface area contributed by atoms with Crippen molar-refractivity contribution in [1.82, 2.24) is 15.0 Å². The summed E-state index contributed by atoms with van der Waals surface area (Å²) in [7, 11) is 0. The van der Waals surface area contributed by atoms with Crippen molar-refractivity contribution in [2.45, 2.75) is 19.8 Å². The second kappa shape index (κ2) is 6.63. The van der Waals surface area contributed by atoms with Crippen LogP contribution in [0.25, 0.3) is 0 Å². The van der Waals surface area contributed by atoms with Gasteiger partial charge in [-0.05, 0) is 18.9 Å². The lowest BCUT2D eigenvalue weighted by Gasteiger charge is -2.27. The third kappa shape index (κ3) is 3.76. The Labute approximate surface area is 125 Å². The molecule has 1 aliphatic rings. The van der Waals surface area contributed by atoms with E-state index < -0.39 is 0 Å². The Morgan fingerprint density at radius 1 is 1.00 bits per heavy atom. The van der Waals surface area contributed by atoms with Gasteiger partial charge in [-0.15, -0.1) is 0 Å². The van der Waals surface area contributed by atoms with Gasteiger partial charge in [0.05, 0.1) is 13.2 Å². The third-order valence-electron chi connectivity index (χ3n) is 3.56. The van der Waals surface area contributed by atoms with Crippen LogP contribution >= 0.6 is 0 Å². The van der Waals surface area contributed by atoms with Gasteiger partial charge < -0.3 is 9.64 Å². The molecule has 1 aromatic carbocycles. The van der Waals surface area contributed by atoms with E-state index in [1.807, 2.05) is 13.0 Å². The molecule has 1 aromatic heterocycles. The van der Waals surface area contributed by atoms with Crippen LogP contribution in [0.3, 0.4) is 0 Å². The zero-order valence-corrected chi connectivity index (χ0v) is 12.3. The van der Waals surface area contributed by atoms with E-state index in [9.17, 15) is 0 Å². The summed E-state index contributed by atoms with van der Waals surface area (Å²) in [5, 5.41) is 0. The van der Waals surface area contributed by atoms with Gasteiger partial charge in [0.15, 0.2) is 0 Å². The van der Waals surface area contributed by atoms with Crippen molar-refractivity contribution in [2.24, 2.45) is 0 Å². The average molecular weight is 284 g/mol. The van der Waals surface area contributed by atoms with Crippen LogP contribution in [0.2, 0.25) is 0 Å². The molecule has 1 fully saturated rings. The predicted molar refractivity (Wildman–Crippen MR) is 81.4 cm³/mol. The average Bonchev–Trinajstić information content (AvgIpc) is 2.54. The van der Waals surface area contributed by atoms with E-state index in [4.69, 9.17) is 4.74 Å². The van der Waals surface area contributed by atoms with Crippen LogP contribution in [-0.2, 0) is 17.6 Å². The highest BCUT2D eigenvalue weighted by Gasteiger charge is 2.15. The fourth-order valence-corrected chi connectivity index (χ4v) is 2.44. The Balaban J connectivity index is 1.71. The topological polar surface area (TPSA) is 51.1 Å². The summed E-state index contributed by atoms with van der Waals surface area (Å²) in [6.07, 6.45) is 1.79. The lowest BCUT2D eigenvalue weighted by molar-refractivity contribution is 0.122. The van der Waals surface area contributed by atoms with Gasteiger partial charge in [0.2, 0.25) is 5.95 Å². The molecule has 5 heteroatoms. The van der Waals surface area contributed by atoms with Gasteiger partial charge in [0.1, 0.15) is 11.6 Å². The minimum absolute atomic E-state index is 0.740. The van der Waals surface area contributed by atoms with Crippen molar-refractivity contribution in [2.75, 3.05) is 31.2 Å². The van der Waals surface area contributed by atoms with Gasteiger partial charge in [0, 0.05) is 19.5 Å². The Kier molecular flexibility index (Phi) is 4.40. The molecule has 0 atom stereocenters. The Morgan fingerprint density at radius 3 is 2.52 bits per heavy atom. The van der Waals surface area contributed by atoms with E-state index in [0.717, 1.165) is 56.7 Å². The number of nitrogens with zero attached hydrogens (tertiary/aromatic N) is 4. The molecule has 1 saturated heterocycles. The third-order valence-corrected chi connectivity index (χ3v) is 3.56. The maximum atomic E-state index is 5.37. The highest BCUT2D eigenvalue weighted by molar-refractivity contribution is 5.30. The van der Waals surface area contributed by atoms with Crippen molar-refractivity contribution < 1.29 is 4.74 Å². The minimum atomic E-state index is 0.740. The smallest absolute Gasteiger partial charge is 0.229 e. The SMILES string of the molecule is Cc1nc(CCc2ccccc2)nc(N2CCOCC2)n1. The van der Waals surface area contributed by atoms with E-state index in [1.54, 1.807) is 0 Å². The fourth-order valence-electron chi connectivity index (χ4n) is 2.44.